The first kappa shape index (κ1) is 26.1. The van der Waals surface area contributed by atoms with E-state index < -0.39 is 5.97 Å². The van der Waals surface area contributed by atoms with E-state index in [4.69, 9.17) is 21.2 Å². The van der Waals surface area contributed by atoms with Crippen molar-refractivity contribution in [1.82, 2.24) is 4.98 Å². The van der Waals surface area contributed by atoms with Crippen molar-refractivity contribution in [2.75, 3.05) is 12.4 Å². The number of benzene rings is 2. The second-order valence-electron chi connectivity index (χ2n) is 8.98. The maximum Gasteiger partial charge on any atom is 0.337 e. The van der Waals surface area contributed by atoms with Gasteiger partial charge >= 0.3 is 5.97 Å². The lowest BCUT2D eigenvalue weighted by molar-refractivity contribution is -0.115. The highest BCUT2D eigenvalue weighted by atomic mass is 16.5. The van der Waals surface area contributed by atoms with E-state index in [-0.39, 0.29) is 12.3 Å². The van der Waals surface area contributed by atoms with Crippen molar-refractivity contribution >= 4 is 17.6 Å². The molecule has 184 valence electrons. The van der Waals surface area contributed by atoms with Crippen LogP contribution in [0.4, 0.5) is 5.69 Å². The Kier molecular flexibility index (Phi) is 8.73. The van der Waals surface area contributed by atoms with Gasteiger partial charge in [-0.05, 0) is 65.3 Å². The number of aryl methyl sites for hydroxylation is 1. The van der Waals surface area contributed by atoms with Crippen LogP contribution in [0.15, 0.2) is 48.5 Å². The van der Waals surface area contributed by atoms with E-state index in [0.717, 1.165) is 45.6 Å². The number of hydrogen-bond acceptors (Lipinski definition) is 6. The molecule has 0 aliphatic heterocycles. The molecule has 1 amide bonds. The number of nitrogens with two attached hydrogens (primary N) is 2. The molecule has 0 aliphatic carbocycles. The van der Waals surface area contributed by atoms with Gasteiger partial charge < -0.3 is 21.5 Å². The molecule has 0 unspecified atom stereocenters. The number of anilines is 1. The maximum atomic E-state index is 13.1. The second kappa shape index (κ2) is 11.7. The fraction of sp³-hybridized carbons (Fsp3) is 0.321. The minimum absolute atomic E-state index is 0.115. The summed E-state index contributed by atoms with van der Waals surface area (Å²) in [5.41, 5.74) is 19.5. The van der Waals surface area contributed by atoms with E-state index >= 15 is 0 Å². The van der Waals surface area contributed by atoms with Gasteiger partial charge in [0.1, 0.15) is 0 Å². The lowest BCUT2D eigenvalue weighted by Crippen LogP contribution is -2.19. The quantitative estimate of drug-likeness (QED) is 0.401. The van der Waals surface area contributed by atoms with E-state index in [2.05, 4.69) is 19.2 Å². The van der Waals surface area contributed by atoms with Crippen LogP contribution in [0, 0.1) is 12.8 Å². The van der Waals surface area contributed by atoms with Crippen molar-refractivity contribution in [2.45, 2.75) is 46.7 Å². The number of rotatable bonds is 9. The third-order valence-electron chi connectivity index (χ3n) is 5.88. The van der Waals surface area contributed by atoms with E-state index in [9.17, 15) is 9.59 Å². The topological polar surface area (TPSA) is 120 Å². The van der Waals surface area contributed by atoms with E-state index in [1.54, 1.807) is 24.3 Å². The van der Waals surface area contributed by atoms with Crippen molar-refractivity contribution in [3.63, 3.8) is 0 Å². The molecule has 35 heavy (non-hydrogen) atoms. The number of pyridine rings is 1. The zero-order valence-electron chi connectivity index (χ0n) is 20.9. The summed E-state index contributed by atoms with van der Waals surface area (Å²) >= 11 is 0. The van der Waals surface area contributed by atoms with E-state index in [0.29, 0.717) is 30.3 Å². The Bertz CT molecular complexity index is 1200. The summed E-state index contributed by atoms with van der Waals surface area (Å²) in [5.74, 6) is -0.259. The Labute approximate surface area is 206 Å². The predicted molar refractivity (Wildman–Crippen MR) is 139 cm³/mol. The maximum absolute atomic E-state index is 13.1. The van der Waals surface area contributed by atoms with Crippen molar-refractivity contribution in [1.29, 1.82) is 0 Å². The molecule has 0 fully saturated rings. The number of amides is 1. The lowest BCUT2D eigenvalue weighted by Gasteiger charge is -2.21. The highest BCUT2D eigenvalue weighted by Gasteiger charge is 2.21. The molecule has 0 saturated heterocycles. The Morgan fingerprint density at radius 1 is 1.03 bits per heavy atom. The van der Waals surface area contributed by atoms with Crippen LogP contribution >= 0.6 is 0 Å². The van der Waals surface area contributed by atoms with Crippen LogP contribution in [0.2, 0.25) is 0 Å². The first-order chi connectivity index (χ1) is 16.8. The average Bonchev–Trinajstić information content (AvgIpc) is 2.84. The van der Waals surface area contributed by atoms with Crippen LogP contribution in [-0.4, -0.2) is 24.0 Å². The van der Waals surface area contributed by atoms with Crippen LogP contribution in [-0.2, 0) is 35.5 Å². The number of nitrogens with zero attached hydrogens (tertiary/aromatic N) is 1. The zero-order chi connectivity index (χ0) is 25.5. The van der Waals surface area contributed by atoms with Crippen molar-refractivity contribution in [3.05, 3.63) is 82.2 Å². The first-order valence-corrected chi connectivity index (χ1v) is 11.8. The van der Waals surface area contributed by atoms with Gasteiger partial charge in [-0.1, -0.05) is 44.2 Å². The Hall–Kier alpha value is -3.55. The minimum atomic E-state index is -0.460. The number of carbonyl (C=O) groups excluding carboxylic acids is 2. The average molecular weight is 475 g/mol. The predicted octanol–water partition coefficient (Wildman–Crippen LogP) is 4.14. The molecular weight excluding hydrogens is 440 g/mol. The fourth-order valence-corrected chi connectivity index (χ4v) is 4.20. The third kappa shape index (κ3) is 6.32. The molecule has 1 heterocycles. The van der Waals surface area contributed by atoms with Gasteiger partial charge in [0.05, 0.1) is 19.1 Å². The molecule has 2 aromatic carbocycles. The molecule has 3 aromatic rings. The molecule has 0 radical (unpaired) electrons. The third-order valence-corrected chi connectivity index (χ3v) is 5.88. The van der Waals surface area contributed by atoms with Gasteiger partial charge in [-0.25, -0.2) is 4.79 Å². The number of methoxy groups -OCH3 is 1. The fourth-order valence-electron chi connectivity index (χ4n) is 4.20. The molecule has 0 atom stereocenters. The van der Waals surface area contributed by atoms with Gasteiger partial charge in [0.25, 0.3) is 0 Å². The standard InChI is InChI=1S/C28H34N4O3/c1-17(2)12-25-24(16-30)27(20-10-8-19(15-29)9-11-20)23(18(3)31-25)14-26(33)32-22-7-5-6-21(13-22)28(34)35-4/h5-11,13,17H,12,14-16,29-30H2,1-4H3,(H,32,33). The zero-order valence-corrected chi connectivity index (χ0v) is 20.9. The number of ether oxygens (including phenoxy) is 1. The van der Waals surface area contributed by atoms with Gasteiger partial charge in [-0.15, -0.1) is 0 Å². The molecule has 1 aromatic heterocycles. The van der Waals surface area contributed by atoms with Crippen LogP contribution in [0.1, 0.15) is 52.3 Å². The molecule has 3 rings (SSSR count). The van der Waals surface area contributed by atoms with Crippen LogP contribution in [0.25, 0.3) is 11.1 Å². The minimum Gasteiger partial charge on any atom is -0.465 e. The summed E-state index contributed by atoms with van der Waals surface area (Å²) in [4.78, 5) is 29.8. The number of nitrogens with one attached hydrogen (secondary N) is 1. The largest absolute Gasteiger partial charge is 0.465 e. The molecular formula is C28H34N4O3. The summed E-state index contributed by atoms with van der Waals surface area (Å²) in [6, 6.07) is 14.7. The molecule has 0 spiro atoms. The first-order valence-electron chi connectivity index (χ1n) is 11.8. The van der Waals surface area contributed by atoms with Gasteiger partial charge in [0, 0.05) is 30.2 Å². The molecule has 0 bridgehead atoms. The van der Waals surface area contributed by atoms with Crippen molar-refractivity contribution < 1.29 is 14.3 Å². The smallest absolute Gasteiger partial charge is 0.337 e. The van der Waals surface area contributed by atoms with Crippen molar-refractivity contribution in [3.8, 4) is 11.1 Å². The molecule has 7 nitrogen and oxygen atoms in total. The van der Waals surface area contributed by atoms with Gasteiger partial charge in [-0.3, -0.25) is 9.78 Å². The number of hydrogen-bond donors (Lipinski definition) is 3. The van der Waals surface area contributed by atoms with Gasteiger partial charge in [-0.2, -0.15) is 0 Å². The highest BCUT2D eigenvalue weighted by molar-refractivity contribution is 5.96. The second-order valence-corrected chi connectivity index (χ2v) is 8.98. The normalized spacial score (nSPS) is 10.9. The lowest BCUT2D eigenvalue weighted by atomic mass is 9.88. The summed E-state index contributed by atoms with van der Waals surface area (Å²) < 4.78 is 4.77. The van der Waals surface area contributed by atoms with Gasteiger partial charge in [0.2, 0.25) is 5.91 Å². The number of carbonyl (C=O) groups is 2. The molecule has 5 N–H and O–H groups in total. The molecule has 0 saturated carbocycles. The van der Waals surface area contributed by atoms with Gasteiger partial charge in [0.15, 0.2) is 0 Å². The van der Waals surface area contributed by atoms with Crippen LogP contribution < -0.4 is 16.8 Å². The summed E-state index contributed by atoms with van der Waals surface area (Å²) in [6.07, 6.45) is 0.915. The summed E-state index contributed by atoms with van der Waals surface area (Å²) in [7, 11) is 1.32. The highest BCUT2D eigenvalue weighted by Crippen LogP contribution is 2.33. The molecule has 7 heteroatoms. The number of aromatic nitrogens is 1. The Morgan fingerprint density at radius 2 is 1.74 bits per heavy atom. The summed E-state index contributed by atoms with van der Waals surface area (Å²) in [6.45, 7) is 7.01. The van der Waals surface area contributed by atoms with Crippen molar-refractivity contribution in [2.24, 2.45) is 17.4 Å². The molecule has 0 aliphatic rings. The SMILES string of the molecule is COC(=O)c1cccc(NC(=O)Cc2c(C)nc(CC(C)C)c(CN)c2-c2ccc(CN)cc2)c1. The van der Waals surface area contributed by atoms with Crippen LogP contribution in [0.5, 0.6) is 0 Å². The van der Waals surface area contributed by atoms with E-state index in [1.165, 1.54) is 7.11 Å². The summed E-state index contributed by atoms with van der Waals surface area (Å²) in [5, 5.41) is 2.90. The van der Waals surface area contributed by atoms with Crippen LogP contribution in [0.3, 0.4) is 0 Å². The number of esters is 1. The van der Waals surface area contributed by atoms with E-state index in [1.807, 2.05) is 31.2 Å². The monoisotopic (exact) mass is 474 g/mol. The Morgan fingerprint density at radius 3 is 2.34 bits per heavy atom. The Balaban J connectivity index is 2.03.